The van der Waals surface area contributed by atoms with Crippen LogP contribution in [0.5, 0.6) is 0 Å². The summed E-state index contributed by atoms with van der Waals surface area (Å²) in [4.78, 5) is 0. The van der Waals surface area contributed by atoms with Gasteiger partial charge in [-0.25, -0.2) is 4.39 Å². The quantitative estimate of drug-likeness (QED) is 0.752. The molecular weight excluding hydrogens is 235 g/mol. The van der Waals surface area contributed by atoms with E-state index in [0.29, 0.717) is 9.99 Å². The Hall–Kier alpha value is -0.900. The first-order valence-corrected chi connectivity index (χ1v) is 4.84. The number of hydrogen-bond acceptors (Lipinski definition) is 1. The van der Waals surface area contributed by atoms with Gasteiger partial charge in [0.25, 0.3) is 0 Å². The number of aromatic nitrogens is 2. The van der Waals surface area contributed by atoms with E-state index in [1.165, 1.54) is 6.07 Å². The van der Waals surface area contributed by atoms with Crippen molar-refractivity contribution < 1.29 is 4.39 Å². The predicted molar refractivity (Wildman–Crippen MR) is 53.1 cm³/mol. The van der Waals surface area contributed by atoms with Gasteiger partial charge in [0.2, 0.25) is 0 Å². The molecule has 0 unspecified atom stereocenters. The van der Waals surface area contributed by atoms with Crippen molar-refractivity contribution in [1.29, 1.82) is 0 Å². The zero-order chi connectivity index (χ0) is 9.42. The number of fused-ring (bicyclic) bond motifs is 1. The topological polar surface area (TPSA) is 17.8 Å². The maximum atomic E-state index is 13.3. The summed E-state index contributed by atoms with van der Waals surface area (Å²) in [5.41, 5.74) is 0.828. The summed E-state index contributed by atoms with van der Waals surface area (Å²) >= 11 is 3.24. The number of aryl methyl sites for hydroxylation is 1. The number of halogens is 2. The molecular formula is C9H8BrFN2. The average molecular weight is 243 g/mol. The molecule has 0 aliphatic rings. The van der Waals surface area contributed by atoms with E-state index in [1.807, 2.05) is 13.0 Å². The molecule has 0 aliphatic carbocycles. The molecule has 4 heteroatoms. The lowest BCUT2D eigenvalue weighted by molar-refractivity contribution is 0.639. The Kier molecular flexibility index (Phi) is 2.07. The van der Waals surface area contributed by atoms with E-state index in [-0.39, 0.29) is 5.82 Å². The molecule has 0 saturated carbocycles. The second-order valence-corrected chi connectivity index (χ2v) is 3.49. The highest BCUT2D eigenvalue weighted by Gasteiger charge is 2.10. The molecule has 68 valence electrons. The van der Waals surface area contributed by atoms with Gasteiger partial charge in [-0.2, -0.15) is 5.10 Å². The monoisotopic (exact) mass is 242 g/mol. The Morgan fingerprint density at radius 3 is 3.00 bits per heavy atom. The van der Waals surface area contributed by atoms with Crippen molar-refractivity contribution in [2.24, 2.45) is 0 Å². The molecule has 0 amide bonds. The van der Waals surface area contributed by atoms with Gasteiger partial charge >= 0.3 is 0 Å². The Morgan fingerprint density at radius 1 is 1.54 bits per heavy atom. The molecule has 0 aliphatic heterocycles. The van der Waals surface area contributed by atoms with Crippen molar-refractivity contribution >= 4 is 26.8 Å². The summed E-state index contributed by atoms with van der Waals surface area (Å²) in [5.74, 6) is -0.232. The number of hydrogen-bond donors (Lipinski definition) is 0. The third-order valence-electron chi connectivity index (χ3n) is 1.98. The summed E-state index contributed by atoms with van der Waals surface area (Å²) in [6.07, 6.45) is 0. The van der Waals surface area contributed by atoms with Gasteiger partial charge < -0.3 is 0 Å². The van der Waals surface area contributed by atoms with Crippen LogP contribution < -0.4 is 0 Å². The lowest BCUT2D eigenvalue weighted by atomic mass is 10.2. The molecule has 2 rings (SSSR count). The van der Waals surface area contributed by atoms with Crippen LogP contribution in [0, 0.1) is 5.82 Å². The molecule has 1 aromatic carbocycles. The summed E-state index contributed by atoms with van der Waals surface area (Å²) in [6.45, 7) is 2.72. The summed E-state index contributed by atoms with van der Waals surface area (Å²) in [6, 6.07) is 4.99. The molecule has 1 aromatic heterocycles. The summed E-state index contributed by atoms with van der Waals surface area (Å²) in [7, 11) is 0. The van der Waals surface area contributed by atoms with Gasteiger partial charge in [0.15, 0.2) is 0 Å². The first-order chi connectivity index (χ1) is 6.24. The largest absolute Gasteiger partial charge is 0.264 e. The molecule has 0 fully saturated rings. The van der Waals surface area contributed by atoms with Crippen LogP contribution >= 0.6 is 15.9 Å². The molecule has 0 bridgehead atoms. The van der Waals surface area contributed by atoms with Crippen LogP contribution in [-0.4, -0.2) is 9.78 Å². The fourth-order valence-electron chi connectivity index (χ4n) is 1.38. The van der Waals surface area contributed by atoms with Gasteiger partial charge in [-0.3, -0.25) is 4.68 Å². The maximum absolute atomic E-state index is 13.3. The lowest BCUT2D eigenvalue weighted by Crippen LogP contribution is -1.95. The fraction of sp³-hybridized carbons (Fsp3) is 0.222. The maximum Gasteiger partial charge on any atom is 0.138 e. The van der Waals surface area contributed by atoms with E-state index in [4.69, 9.17) is 0 Å². The Labute approximate surface area is 83.5 Å². The lowest BCUT2D eigenvalue weighted by Gasteiger charge is -1.96. The Bertz CT molecular complexity index is 450. The van der Waals surface area contributed by atoms with E-state index in [2.05, 4.69) is 21.0 Å². The second-order valence-electron chi connectivity index (χ2n) is 2.74. The van der Waals surface area contributed by atoms with E-state index >= 15 is 0 Å². The molecule has 0 radical (unpaired) electrons. The minimum Gasteiger partial charge on any atom is -0.264 e. The van der Waals surface area contributed by atoms with Gasteiger partial charge in [0, 0.05) is 6.54 Å². The zero-order valence-corrected chi connectivity index (χ0v) is 8.68. The van der Waals surface area contributed by atoms with Crippen LogP contribution in [0.15, 0.2) is 22.8 Å². The third-order valence-corrected chi connectivity index (χ3v) is 2.54. The van der Waals surface area contributed by atoms with Gasteiger partial charge in [-0.05, 0) is 35.0 Å². The highest BCUT2D eigenvalue weighted by atomic mass is 79.9. The van der Waals surface area contributed by atoms with Crippen LogP contribution in [-0.2, 0) is 6.54 Å². The molecule has 2 aromatic rings. The average Bonchev–Trinajstić information content (AvgIpc) is 2.44. The SMILES string of the molecule is CCn1nc(Br)c2c(F)cccc21. The van der Waals surface area contributed by atoms with Gasteiger partial charge in [0.05, 0.1) is 10.9 Å². The standard InChI is InChI=1S/C9H8BrFN2/c1-2-13-7-5-3-4-6(11)8(7)9(10)12-13/h3-5H,2H2,1H3. The molecule has 13 heavy (non-hydrogen) atoms. The van der Waals surface area contributed by atoms with Crippen LogP contribution in [0.1, 0.15) is 6.92 Å². The van der Waals surface area contributed by atoms with E-state index in [9.17, 15) is 4.39 Å². The minimum absolute atomic E-state index is 0.232. The van der Waals surface area contributed by atoms with Crippen molar-refractivity contribution in [1.82, 2.24) is 9.78 Å². The highest BCUT2D eigenvalue weighted by molar-refractivity contribution is 9.10. The van der Waals surface area contributed by atoms with Crippen molar-refractivity contribution in [2.45, 2.75) is 13.5 Å². The van der Waals surface area contributed by atoms with Crippen molar-refractivity contribution in [3.05, 3.63) is 28.6 Å². The highest BCUT2D eigenvalue weighted by Crippen LogP contribution is 2.25. The Morgan fingerprint density at radius 2 is 2.31 bits per heavy atom. The number of nitrogens with zero attached hydrogens (tertiary/aromatic N) is 2. The number of benzene rings is 1. The van der Waals surface area contributed by atoms with Gasteiger partial charge in [0.1, 0.15) is 10.4 Å². The van der Waals surface area contributed by atoms with Crippen LogP contribution in [0.4, 0.5) is 4.39 Å². The van der Waals surface area contributed by atoms with Gasteiger partial charge in [-0.15, -0.1) is 0 Å². The van der Waals surface area contributed by atoms with Crippen molar-refractivity contribution in [3.8, 4) is 0 Å². The van der Waals surface area contributed by atoms with E-state index in [1.54, 1.807) is 10.7 Å². The summed E-state index contributed by atoms with van der Waals surface area (Å²) in [5, 5.41) is 4.72. The molecule has 0 saturated heterocycles. The smallest absolute Gasteiger partial charge is 0.138 e. The van der Waals surface area contributed by atoms with Gasteiger partial charge in [-0.1, -0.05) is 6.07 Å². The normalized spacial score (nSPS) is 11.0. The first-order valence-electron chi connectivity index (χ1n) is 4.04. The first kappa shape index (κ1) is 8.69. The van der Waals surface area contributed by atoms with E-state index < -0.39 is 0 Å². The molecule has 0 atom stereocenters. The van der Waals surface area contributed by atoms with Crippen molar-refractivity contribution in [2.75, 3.05) is 0 Å². The van der Waals surface area contributed by atoms with E-state index in [0.717, 1.165) is 12.1 Å². The summed E-state index contributed by atoms with van der Waals surface area (Å²) < 4.78 is 15.7. The molecule has 0 spiro atoms. The molecule has 1 heterocycles. The zero-order valence-electron chi connectivity index (χ0n) is 7.09. The Balaban J connectivity index is 2.87. The van der Waals surface area contributed by atoms with Crippen molar-refractivity contribution in [3.63, 3.8) is 0 Å². The number of rotatable bonds is 1. The predicted octanol–water partition coefficient (Wildman–Crippen LogP) is 2.96. The fourth-order valence-corrected chi connectivity index (χ4v) is 1.97. The minimum atomic E-state index is -0.232. The van der Waals surface area contributed by atoms with Crippen LogP contribution in [0.2, 0.25) is 0 Å². The third kappa shape index (κ3) is 1.25. The molecule has 2 nitrogen and oxygen atoms in total. The van der Waals surface area contributed by atoms with Crippen LogP contribution in [0.3, 0.4) is 0 Å². The second kappa shape index (κ2) is 3.10. The molecule has 0 N–H and O–H groups in total. The van der Waals surface area contributed by atoms with Crippen LogP contribution in [0.25, 0.3) is 10.9 Å².